The molecule has 1 aromatic carbocycles. The highest BCUT2D eigenvalue weighted by atomic mass is 79.9. The minimum atomic E-state index is 0.216. The molecular weight excluding hydrogens is 318 g/mol. The average molecular weight is 340 g/mol. The largest absolute Gasteiger partial charge is 0.496 e. The number of carbonyl (C=O) groups is 1. The summed E-state index contributed by atoms with van der Waals surface area (Å²) in [4.78, 5) is 14.5. The van der Waals surface area contributed by atoms with Gasteiger partial charge in [0.25, 0.3) is 0 Å². The van der Waals surface area contributed by atoms with Crippen molar-refractivity contribution in [3.8, 4) is 5.75 Å². The molecule has 1 saturated heterocycles. The van der Waals surface area contributed by atoms with Gasteiger partial charge in [-0.1, -0.05) is 34.1 Å². The van der Waals surface area contributed by atoms with Gasteiger partial charge in [-0.2, -0.15) is 0 Å². The van der Waals surface area contributed by atoms with Crippen molar-refractivity contribution < 1.29 is 9.53 Å². The third-order valence-electron chi connectivity index (χ3n) is 3.92. The Labute approximate surface area is 129 Å². The van der Waals surface area contributed by atoms with E-state index in [1.54, 1.807) is 7.11 Å². The van der Waals surface area contributed by atoms with Crippen LogP contribution >= 0.6 is 15.9 Å². The maximum Gasteiger partial charge on any atom is 0.227 e. The lowest BCUT2D eigenvalue weighted by atomic mass is 9.95. The molecule has 1 aliphatic rings. The number of hydrogen-bond donors (Lipinski definition) is 0. The zero-order chi connectivity index (χ0) is 14.4. The fraction of sp³-hybridized carbons (Fsp3) is 0.562. The summed E-state index contributed by atoms with van der Waals surface area (Å²) in [6.07, 6.45) is 3.95. The summed E-state index contributed by atoms with van der Waals surface area (Å²) in [5, 5.41) is 1.02. The summed E-state index contributed by atoms with van der Waals surface area (Å²) in [7, 11) is 1.65. The van der Waals surface area contributed by atoms with Gasteiger partial charge in [0, 0.05) is 24.0 Å². The molecule has 1 aromatic rings. The van der Waals surface area contributed by atoms with Crippen LogP contribution in [0.25, 0.3) is 0 Å². The second kappa shape index (κ2) is 7.67. The predicted molar refractivity (Wildman–Crippen MR) is 84.4 cm³/mol. The van der Waals surface area contributed by atoms with Crippen LogP contribution in [-0.2, 0) is 11.2 Å². The van der Waals surface area contributed by atoms with Crippen LogP contribution in [0.4, 0.5) is 0 Å². The molecule has 110 valence electrons. The fourth-order valence-corrected chi connectivity index (χ4v) is 3.45. The lowest BCUT2D eigenvalue weighted by molar-refractivity contribution is -0.132. The quantitative estimate of drug-likeness (QED) is 0.770. The third kappa shape index (κ3) is 3.98. The second-order valence-corrected chi connectivity index (χ2v) is 6.11. The highest BCUT2D eigenvalue weighted by Crippen LogP contribution is 2.23. The Kier molecular flexibility index (Phi) is 5.89. The van der Waals surface area contributed by atoms with Crippen molar-refractivity contribution in [2.45, 2.75) is 25.7 Å². The molecule has 1 aliphatic heterocycles. The van der Waals surface area contributed by atoms with E-state index in [2.05, 4.69) is 15.9 Å². The van der Waals surface area contributed by atoms with Crippen LogP contribution in [-0.4, -0.2) is 36.3 Å². The standard InChI is InChI=1S/C16H22BrNO2/c1-20-15-7-3-2-6-14(15)11-16(19)18-10-4-5-13(12-18)8-9-17/h2-3,6-7,13H,4-5,8-12H2,1H3. The van der Waals surface area contributed by atoms with Crippen molar-refractivity contribution in [3.63, 3.8) is 0 Å². The smallest absolute Gasteiger partial charge is 0.227 e. The van der Waals surface area contributed by atoms with E-state index in [1.807, 2.05) is 29.2 Å². The molecule has 4 heteroatoms. The van der Waals surface area contributed by atoms with Gasteiger partial charge in [0.05, 0.1) is 13.5 Å². The number of rotatable bonds is 5. The summed E-state index contributed by atoms with van der Waals surface area (Å²) in [6.45, 7) is 1.80. The lowest BCUT2D eigenvalue weighted by Crippen LogP contribution is -2.40. The van der Waals surface area contributed by atoms with Gasteiger partial charge in [-0.25, -0.2) is 0 Å². The van der Waals surface area contributed by atoms with Crippen molar-refractivity contribution in [2.75, 3.05) is 25.5 Å². The van der Waals surface area contributed by atoms with Crippen LogP contribution in [0.15, 0.2) is 24.3 Å². The number of methoxy groups -OCH3 is 1. The summed E-state index contributed by atoms with van der Waals surface area (Å²) in [6, 6.07) is 7.76. The zero-order valence-electron chi connectivity index (χ0n) is 12.0. The molecule has 2 rings (SSSR count). The number of carbonyl (C=O) groups excluding carboxylic acids is 1. The molecule has 1 amide bonds. The van der Waals surface area contributed by atoms with Crippen molar-refractivity contribution in [3.05, 3.63) is 29.8 Å². The number of alkyl halides is 1. The van der Waals surface area contributed by atoms with E-state index in [4.69, 9.17) is 4.74 Å². The van der Waals surface area contributed by atoms with E-state index in [1.165, 1.54) is 6.42 Å². The molecule has 0 saturated carbocycles. The number of ether oxygens (including phenoxy) is 1. The van der Waals surface area contributed by atoms with Gasteiger partial charge >= 0.3 is 0 Å². The minimum absolute atomic E-state index is 0.216. The van der Waals surface area contributed by atoms with Crippen molar-refractivity contribution in [1.29, 1.82) is 0 Å². The van der Waals surface area contributed by atoms with E-state index in [0.717, 1.165) is 42.6 Å². The minimum Gasteiger partial charge on any atom is -0.496 e. The molecule has 3 nitrogen and oxygen atoms in total. The van der Waals surface area contributed by atoms with Gasteiger partial charge in [-0.3, -0.25) is 4.79 Å². The Hall–Kier alpha value is -1.03. The number of halogens is 1. The maximum atomic E-state index is 12.4. The molecule has 20 heavy (non-hydrogen) atoms. The Morgan fingerprint density at radius 2 is 2.25 bits per heavy atom. The highest BCUT2D eigenvalue weighted by Gasteiger charge is 2.23. The highest BCUT2D eigenvalue weighted by molar-refractivity contribution is 9.09. The summed E-state index contributed by atoms with van der Waals surface area (Å²) < 4.78 is 5.32. The monoisotopic (exact) mass is 339 g/mol. The average Bonchev–Trinajstić information content (AvgIpc) is 2.48. The summed E-state index contributed by atoms with van der Waals surface area (Å²) >= 11 is 3.49. The number of piperidine rings is 1. The van der Waals surface area contributed by atoms with Gasteiger partial charge in [0.15, 0.2) is 0 Å². The van der Waals surface area contributed by atoms with E-state index in [9.17, 15) is 4.79 Å². The normalized spacial score (nSPS) is 18.9. The Morgan fingerprint density at radius 3 is 3.00 bits per heavy atom. The van der Waals surface area contributed by atoms with Gasteiger partial charge in [-0.15, -0.1) is 0 Å². The maximum absolute atomic E-state index is 12.4. The molecule has 1 heterocycles. The third-order valence-corrected chi connectivity index (χ3v) is 4.38. The van der Waals surface area contributed by atoms with Gasteiger partial charge < -0.3 is 9.64 Å². The first kappa shape index (κ1) is 15.4. The van der Waals surface area contributed by atoms with E-state index in [-0.39, 0.29) is 5.91 Å². The van der Waals surface area contributed by atoms with Crippen molar-refractivity contribution >= 4 is 21.8 Å². The van der Waals surface area contributed by atoms with Gasteiger partial charge in [0.2, 0.25) is 5.91 Å². The topological polar surface area (TPSA) is 29.5 Å². The molecule has 1 fully saturated rings. The number of benzene rings is 1. The fourth-order valence-electron chi connectivity index (χ4n) is 2.81. The first-order valence-corrected chi connectivity index (χ1v) is 8.32. The van der Waals surface area contributed by atoms with Crippen LogP contribution in [0.5, 0.6) is 5.75 Å². The molecule has 0 spiro atoms. The van der Waals surface area contributed by atoms with Crippen molar-refractivity contribution in [1.82, 2.24) is 4.90 Å². The van der Waals surface area contributed by atoms with E-state index >= 15 is 0 Å². The first-order valence-electron chi connectivity index (χ1n) is 7.20. The molecule has 1 unspecified atom stereocenters. The van der Waals surface area contributed by atoms with E-state index in [0.29, 0.717) is 12.3 Å². The number of hydrogen-bond acceptors (Lipinski definition) is 2. The van der Waals surface area contributed by atoms with Crippen LogP contribution < -0.4 is 4.74 Å². The second-order valence-electron chi connectivity index (χ2n) is 5.31. The molecule has 1 atom stereocenters. The van der Waals surface area contributed by atoms with Gasteiger partial charge in [-0.05, 0) is 31.2 Å². The molecular formula is C16H22BrNO2. The Balaban J connectivity index is 1.97. The van der Waals surface area contributed by atoms with Crippen molar-refractivity contribution in [2.24, 2.45) is 5.92 Å². The molecule has 0 aromatic heterocycles. The number of amides is 1. The lowest BCUT2D eigenvalue weighted by Gasteiger charge is -2.32. The molecule has 0 radical (unpaired) electrons. The van der Waals surface area contributed by atoms with Crippen LogP contribution in [0.1, 0.15) is 24.8 Å². The Morgan fingerprint density at radius 1 is 1.45 bits per heavy atom. The van der Waals surface area contributed by atoms with Crippen LogP contribution in [0.2, 0.25) is 0 Å². The van der Waals surface area contributed by atoms with Gasteiger partial charge in [0.1, 0.15) is 5.75 Å². The summed E-state index contributed by atoms with van der Waals surface area (Å²) in [5.74, 6) is 1.66. The summed E-state index contributed by atoms with van der Waals surface area (Å²) in [5.41, 5.74) is 0.975. The first-order chi connectivity index (χ1) is 9.74. The van der Waals surface area contributed by atoms with E-state index < -0.39 is 0 Å². The molecule has 0 N–H and O–H groups in total. The number of para-hydroxylation sites is 1. The Bertz CT molecular complexity index is 448. The SMILES string of the molecule is COc1ccccc1CC(=O)N1CCCC(CCBr)C1. The van der Waals surface area contributed by atoms with Crippen LogP contribution in [0, 0.1) is 5.92 Å². The zero-order valence-corrected chi connectivity index (χ0v) is 13.6. The molecule has 0 bridgehead atoms. The predicted octanol–water partition coefficient (Wildman–Crippen LogP) is 3.26. The number of nitrogens with zero attached hydrogens (tertiary/aromatic N) is 1. The molecule has 0 aliphatic carbocycles. The number of likely N-dealkylation sites (tertiary alicyclic amines) is 1. The van der Waals surface area contributed by atoms with Crippen LogP contribution in [0.3, 0.4) is 0 Å².